The fourth-order valence-corrected chi connectivity index (χ4v) is 6.99. The predicted molar refractivity (Wildman–Crippen MR) is 109 cm³/mol. The van der Waals surface area contributed by atoms with Crippen molar-refractivity contribution in [3.8, 4) is 0 Å². The van der Waals surface area contributed by atoms with Crippen LogP contribution in [-0.2, 0) is 14.3 Å². The van der Waals surface area contributed by atoms with E-state index in [-0.39, 0.29) is 28.9 Å². The molecule has 1 aromatic carbocycles. The first-order valence-corrected chi connectivity index (χ1v) is 11.1. The minimum absolute atomic E-state index is 0.0106. The van der Waals surface area contributed by atoms with Crippen molar-refractivity contribution in [2.75, 3.05) is 0 Å². The number of benzene rings is 1. The normalized spacial score (nSPS) is 40.8. The quantitative estimate of drug-likeness (QED) is 0.640. The third-order valence-electron chi connectivity index (χ3n) is 8.64. The van der Waals surface area contributed by atoms with Gasteiger partial charge in [0.15, 0.2) is 0 Å². The first-order chi connectivity index (χ1) is 13.9. The molecule has 0 amide bonds. The van der Waals surface area contributed by atoms with Crippen LogP contribution in [0.15, 0.2) is 42.2 Å². The number of hydrogen-bond donors (Lipinski definition) is 0. The Kier molecular flexibility index (Phi) is 4.38. The third-order valence-corrected chi connectivity index (χ3v) is 8.64. The van der Waals surface area contributed by atoms with Gasteiger partial charge >= 0.3 is 11.9 Å². The molecule has 1 heterocycles. The molecule has 2 saturated carbocycles. The van der Waals surface area contributed by atoms with Gasteiger partial charge in [-0.05, 0) is 74.5 Å². The first kappa shape index (κ1) is 18.9. The molecule has 0 spiro atoms. The Morgan fingerprint density at radius 2 is 1.86 bits per heavy atom. The third kappa shape index (κ3) is 2.86. The summed E-state index contributed by atoms with van der Waals surface area (Å²) in [4.78, 5) is 24.5. The average Bonchev–Trinajstić information content (AvgIpc) is 3.05. The van der Waals surface area contributed by atoms with E-state index >= 15 is 0 Å². The highest BCUT2D eigenvalue weighted by atomic mass is 16.5. The lowest BCUT2D eigenvalue weighted by Crippen LogP contribution is -2.51. The number of allylic oxidation sites excluding steroid dienone is 2. The van der Waals surface area contributed by atoms with Crippen molar-refractivity contribution in [3.63, 3.8) is 0 Å². The van der Waals surface area contributed by atoms with Crippen LogP contribution in [0.4, 0.5) is 0 Å². The summed E-state index contributed by atoms with van der Waals surface area (Å²) in [6.45, 7) is 4.64. The van der Waals surface area contributed by atoms with Crippen LogP contribution in [0, 0.1) is 28.6 Å². The maximum Gasteiger partial charge on any atom is 0.338 e. The average molecular weight is 395 g/mol. The Morgan fingerprint density at radius 1 is 1.07 bits per heavy atom. The van der Waals surface area contributed by atoms with Crippen LogP contribution in [0.2, 0.25) is 0 Å². The molecule has 29 heavy (non-hydrogen) atoms. The summed E-state index contributed by atoms with van der Waals surface area (Å²) in [6.07, 6.45) is 8.82. The van der Waals surface area contributed by atoms with Crippen LogP contribution in [-0.4, -0.2) is 18.0 Å². The summed E-state index contributed by atoms with van der Waals surface area (Å²) >= 11 is 0. The van der Waals surface area contributed by atoms with Gasteiger partial charge in [-0.15, -0.1) is 0 Å². The first-order valence-electron chi connectivity index (χ1n) is 11.1. The standard InChI is InChI=1S/C25H30O4/c1-24-14-12-19-17(8-10-20-25(19,2)15-13-22(26)28-20)18(24)9-11-21(24)29-23(27)16-6-4-3-5-7-16/h3-7,10,17-19,21H,8-9,11-15H2,1-2H3/t17-,18+,19+,21-,24-,25+/m0/s1. The summed E-state index contributed by atoms with van der Waals surface area (Å²) < 4.78 is 11.7. The molecule has 4 nitrogen and oxygen atoms in total. The van der Waals surface area contributed by atoms with E-state index < -0.39 is 0 Å². The van der Waals surface area contributed by atoms with Gasteiger partial charge in [0.05, 0.1) is 5.56 Å². The molecule has 3 fully saturated rings. The van der Waals surface area contributed by atoms with Gasteiger partial charge in [0.25, 0.3) is 0 Å². The number of rotatable bonds is 2. The number of carbonyl (C=O) groups excluding carboxylic acids is 2. The number of esters is 2. The lowest BCUT2D eigenvalue weighted by Gasteiger charge is -2.56. The zero-order valence-corrected chi connectivity index (χ0v) is 17.4. The van der Waals surface area contributed by atoms with E-state index in [1.165, 1.54) is 0 Å². The Morgan fingerprint density at radius 3 is 2.66 bits per heavy atom. The van der Waals surface area contributed by atoms with Crippen molar-refractivity contribution < 1.29 is 19.1 Å². The van der Waals surface area contributed by atoms with Gasteiger partial charge in [-0.3, -0.25) is 4.79 Å². The maximum absolute atomic E-state index is 12.7. The summed E-state index contributed by atoms with van der Waals surface area (Å²) in [5, 5.41) is 0. The molecule has 4 heteroatoms. The van der Waals surface area contributed by atoms with Crippen molar-refractivity contribution in [3.05, 3.63) is 47.7 Å². The van der Waals surface area contributed by atoms with Crippen LogP contribution in [0.3, 0.4) is 0 Å². The molecule has 0 aromatic heterocycles. The largest absolute Gasteiger partial charge is 0.458 e. The van der Waals surface area contributed by atoms with Gasteiger partial charge in [0.2, 0.25) is 0 Å². The monoisotopic (exact) mass is 394 g/mol. The van der Waals surface area contributed by atoms with E-state index in [9.17, 15) is 9.59 Å². The lowest BCUT2D eigenvalue weighted by atomic mass is 9.50. The van der Waals surface area contributed by atoms with E-state index in [0.29, 0.717) is 29.7 Å². The Bertz CT molecular complexity index is 859. The summed E-state index contributed by atoms with van der Waals surface area (Å²) in [5.41, 5.74) is 0.658. The van der Waals surface area contributed by atoms with Gasteiger partial charge in [0, 0.05) is 17.3 Å². The molecule has 0 N–H and O–H groups in total. The van der Waals surface area contributed by atoms with Crippen molar-refractivity contribution in [2.45, 2.75) is 64.9 Å². The maximum atomic E-state index is 12.7. The number of carbonyl (C=O) groups is 2. The molecule has 1 aliphatic heterocycles. The SMILES string of the molecule is C[C@]12CC[C@@H]3[C@@H](CC=C4OC(=O)CC[C@@]43C)[C@H]1CC[C@@H]2OC(=O)c1ccccc1. The minimum Gasteiger partial charge on any atom is -0.458 e. The zero-order chi connectivity index (χ0) is 20.2. The molecule has 154 valence electrons. The molecule has 0 unspecified atom stereocenters. The van der Waals surface area contributed by atoms with Crippen LogP contribution >= 0.6 is 0 Å². The number of ether oxygens (including phenoxy) is 2. The summed E-state index contributed by atoms with van der Waals surface area (Å²) in [7, 11) is 0. The second-order valence-corrected chi connectivity index (χ2v) is 9.95. The highest BCUT2D eigenvalue weighted by molar-refractivity contribution is 5.89. The number of hydrogen-bond acceptors (Lipinski definition) is 4. The Balaban J connectivity index is 1.37. The Hall–Kier alpha value is -2.10. The van der Waals surface area contributed by atoms with Gasteiger partial charge in [0.1, 0.15) is 11.9 Å². The second kappa shape index (κ2) is 6.72. The van der Waals surface area contributed by atoms with E-state index in [0.717, 1.165) is 44.3 Å². The lowest BCUT2D eigenvalue weighted by molar-refractivity contribution is -0.152. The zero-order valence-electron chi connectivity index (χ0n) is 17.4. The fourth-order valence-electron chi connectivity index (χ4n) is 6.99. The van der Waals surface area contributed by atoms with Crippen LogP contribution < -0.4 is 0 Å². The minimum atomic E-state index is -0.198. The van der Waals surface area contributed by atoms with E-state index in [1.54, 1.807) is 0 Å². The van der Waals surface area contributed by atoms with Crippen LogP contribution in [0.5, 0.6) is 0 Å². The van der Waals surface area contributed by atoms with Gasteiger partial charge in [-0.2, -0.15) is 0 Å². The summed E-state index contributed by atoms with van der Waals surface area (Å²) in [5.74, 6) is 2.33. The Labute approximate surface area is 172 Å². The molecule has 6 atom stereocenters. The van der Waals surface area contributed by atoms with Crippen molar-refractivity contribution in [2.24, 2.45) is 28.6 Å². The molecule has 0 bridgehead atoms. The van der Waals surface area contributed by atoms with Gasteiger partial charge in [-0.1, -0.05) is 32.0 Å². The van der Waals surface area contributed by atoms with Gasteiger partial charge in [-0.25, -0.2) is 4.79 Å². The topological polar surface area (TPSA) is 52.6 Å². The summed E-state index contributed by atoms with van der Waals surface area (Å²) in [6, 6.07) is 9.33. The molecule has 0 radical (unpaired) electrons. The van der Waals surface area contributed by atoms with Crippen LogP contribution in [0.25, 0.3) is 0 Å². The highest BCUT2D eigenvalue weighted by Gasteiger charge is 2.60. The smallest absolute Gasteiger partial charge is 0.338 e. The van der Waals surface area contributed by atoms with Crippen molar-refractivity contribution in [1.29, 1.82) is 0 Å². The molecule has 4 aliphatic rings. The molecule has 5 rings (SSSR count). The molecular weight excluding hydrogens is 364 g/mol. The molecule has 1 saturated heterocycles. The van der Waals surface area contributed by atoms with E-state index in [4.69, 9.17) is 9.47 Å². The second-order valence-electron chi connectivity index (χ2n) is 9.95. The molecule has 1 aromatic rings. The van der Waals surface area contributed by atoms with E-state index in [2.05, 4.69) is 19.9 Å². The van der Waals surface area contributed by atoms with Crippen molar-refractivity contribution >= 4 is 11.9 Å². The van der Waals surface area contributed by atoms with Crippen LogP contribution in [0.1, 0.15) is 69.2 Å². The fraction of sp³-hybridized carbons (Fsp3) is 0.600. The van der Waals surface area contributed by atoms with Crippen molar-refractivity contribution in [1.82, 2.24) is 0 Å². The molecular formula is C25H30O4. The predicted octanol–water partition coefficient (Wildman–Crippen LogP) is 5.29. The highest BCUT2D eigenvalue weighted by Crippen LogP contribution is 2.64. The van der Waals surface area contributed by atoms with Gasteiger partial charge < -0.3 is 9.47 Å². The molecule has 3 aliphatic carbocycles. The number of fused-ring (bicyclic) bond motifs is 5. The van der Waals surface area contributed by atoms with E-state index in [1.807, 2.05) is 30.3 Å².